The monoisotopic (exact) mass is 360 g/mol. The van der Waals surface area contributed by atoms with Crippen molar-refractivity contribution in [2.24, 2.45) is 0 Å². The predicted octanol–water partition coefficient (Wildman–Crippen LogP) is 3.37. The molecule has 0 unspecified atom stereocenters. The van der Waals surface area contributed by atoms with Gasteiger partial charge in [-0.2, -0.15) is 0 Å². The van der Waals surface area contributed by atoms with E-state index < -0.39 is 5.60 Å². The van der Waals surface area contributed by atoms with E-state index in [1.165, 1.54) is 7.11 Å². The van der Waals surface area contributed by atoms with Crippen molar-refractivity contribution in [3.63, 3.8) is 0 Å². The summed E-state index contributed by atoms with van der Waals surface area (Å²) in [5.41, 5.74) is 1.85. The number of hydrogen-bond donors (Lipinski definition) is 0. The average molecular weight is 360 g/mol. The molecule has 1 saturated heterocycles. The van der Waals surface area contributed by atoms with E-state index in [4.69, 9.17) is 9.47 Å². The van der Waals surface area contributed by atoms with Crippen LogP contribution < -0.4 is 4.90 Å². The maximum atomic E-state index is 12.6. The van der Waals surface area contributed by atoms with Gasteiger partial charge in [-0.25, -0.2) is 9.59 Å². The van der Waals surface area contributed by atoms with E-state index in [1.54, 1.807) is 0 Å². The van der Waals surface area contributed by atoms with Crippen molar-refractivity contribution in [3.05, 3.63) is 29.3 Å². The molecule has 0 atom stereocenters. The summed E-state index contributed by atoms with van der Waals surface area (Å²) in [6, 6.07) is 5.86. The summed E-state index contributed by atoms with van der Waals surface area (Å²) in [5, 5.41) is 0. The maximum Gasteiger partial charge on any atom is 0.410 e. The summed E-state index contributed by atoms with van der Waals surface area (Å²) < 4.78 is 10.5. The van der Waals surface area contributed by atoms with Crippen LogP contribution in [0.25, 0.3) is 0 Å². The lowest BCUT2D eigenvalue weighted by molar-refractivity contribution is 0.0106. The summed E-state index contributed by atoms with van der Waals surface area (Å²) >= 11 is 0. The lowest BCUT2D eigenvalue weighted by Gasteiger charge is -2.43. The van der Waals surface area contributed by atoms with Crippen LogP contribution in [0.5, 0.6) is 0 Å². The molecule has 6 heteroatoms. The minimum Gasteiger partial charge on any atom is -0.465 e. The fourth-order valence-corrected chi connectivity index (χ4v) is 3.51. The Bertz CT molecular complexity index is 719. The first kappa shape index (κ1) is 18.5. The molecular weight excluding hydrogens is 332 g/mol. The minimum atomic E-state index is -0.489. The van der Waals surface area contributed by atoms with Gasteiger partial charge in [-0.1, -0.05) is 6.07 Å². The Morgan fingerprint density at radius 1 is 1.15 bits per heavy atom. The third kappa shape index (κ3) is 3.64. The molecule has 142 valence electrons. The highest BCUT2D eigenvalue weighted by molar-refractivity contribution is 5.92. The standard InChI is InChI=1S/C20H28N2O4/c1-14-6-7-15(12-16(14)17(23)25-5)21-10-11-22(20(13-21)8-9-20)18(24)26-19(2,3)4/h6-7,12H,8-11,13H2,1-5H3. The van der Waals surface area contributed by atoms with E-state index in [0.717, 1.165) is 30.6 Å². The fraction of sp³-hybridized carbons (Fsp3) is 0.600. The van der Waals surface area contributed by atoms with Gasteiger partial charge in [0.05, 0.1) is 18.2 Å². The average Bonchev–Trinajstić information content (AvgIpc) is 3.32. The maximum absolute atomic E-state index is 12.6. The normalized spacial score (nSPS) is 18.7. The van der Waals surface area contributed by atoms with Crippen molar-refractivity contribution < 1.29 is 19.1 Å². The Labute approximate surface area is 155 Å². The molecule has 1 aliphatic heterocycles. The molecule has 1 amide bonds. The van der Waals surface area contributed by atoms with Crippen LogP contribution >= 0.6 is 0 Å². The van der Waals surface area contributed by atoms with Gasteiger partial charge in [-0.05, 0) is 58.2 Å². The number of rotatable bonds is 2. The number of hydrogen-bond acceptors (Lipinski definition) is 5. The number of amides is 1. The molecule has 1 saturated carbocycles. The number of esters is 1. The molecule has 1 heterocycles. The van der Waals surface area contributed by atoms with E-state index in [1.807, 2.05) is 50.8 Å². The first-order valence-corrected chi connectivity index (χ1v) is 9.10. The molecule has 1 aromatic rings. The van der Waals surface area contributed by atoms with Gasteiger partial charge in [0.2, 0.25) is 0 Å². The number of benzene rings is 1. The van der Waals surface area contributed by atoms with Crippen LogP contribution in [0.3, 0.4) is 0 Å². The number of carbonyl (C=O) groups is 2. The predicted molar refractivity (Wildman–Crippen MR) is 99.6 cm³/mol. The van der Waals surface area contributed by atoms with Crippen LogP contribution in [0.2, 0.25) is 0 Å². The number of methoxy groups -OCH3 is 1. The molecule has 3 rings (SSSR count). The summed E-state index contributed by atoms with van der Waals surface area (Å²) in [6.07, 6.45) is 1.74. The zero-order chi connectivity index (χ0) is 19.1. The van der Waals surface area contributed by atoms with Crippen LogP contribution in [0.15, 0.2) is 18.2 Å². The molecule has 2 fully saturated rings. The molecular formula is C20H28N2O4. The quantitative estimate of drug-likeness (QED) is 0.757. The van der Waals surface area contributed by atoms with Gasteiger partial charge >= 0.3 is 12.1 Å². The second-order valence-corrected chi connectivity index (χ2v) is 8.27. The molecule has 6 nitrogen and oxygen atoms in total. The molecule has 2 aliphatic rings. The summed E-state index contributed by atoms with van der Waals surface area (Å²) in [6.45, 7) is 9.67. The molecule has 0 radical (unpaired) electrons. The van der Waals surface area contributed by atoms with Gasteiger partial charge in [0, 0.05) is 25.3 Å². The summed E-state index contributed by atoms with van der Waals surface area (Å²) in [4.78, 5) is 28.7. The third-order valence-corrected chi connectivity index (χ3v) is 5.08. The second-order valence-electron chi connectivity index (χ2n) is 8.27. The van der Waals surface area contributed by atoms with Crippen molar-refractivity contribution in [1.29, 1.82) is 0 Å². The zero-order valence-electron chi connectivity index (χ0n) is 16.3. The SMILES string of the molecule is COC(=O)c1cc(N2CCN(C(=O)OC(C)(C)C)C3(CC3)C2)ccc1C. The summed E-state index contributed by atoms with van der Waals surface area (Å²) in [5.74, 6) is -0.321. The molecule has 1 aliphatic carbocycles. The van der Waals surface area contributed by atoms with Crippen molar-refractivity contribution >= 4 is 17.7 Å². The van der Waals surface area contributed by atoms with E-state index in [0.29, 0.717) is 18.7 Å². The Morgan fingerprint density at radius 2 is 1.85 bits per heavy atom. The van der Waals surface area contributed by atoms with E-state index in [9.17, 15) is 9.59 Å². The number of carbonyl (C=O) groups excluding carboxylic acids is 2. The highest BCUT2D eigenvalue weighted by Crippen LogP contribution is 2.45. The largest absolute Gasteiger partial charge is 0.465 e. The second kappa shape index (κ2) is 6.49. The number of nitrogens with zero attached hydrogens (tertiary/aromatic N) is 2. The number of aryl methyl sites for hydroxylation is 1. The highest BCUT2D eigenvalue weighted by Gasteiger charge is 2.54. The molecule has 1 aromatic carbocycles. The highest BCUT2D eigenvalue weighted by atomic mass is 16.6. The van der Waals surface area contributed by atoms with Crippen LogP contribution in [-0.4, -0.2) is 54.8 Å². The van der Waals surface area contributed by atoms with E-state index >= 15 is 0 Å². The molecule has 0 bridgehead atoms. The van der Waals surface area contributed by atoms with Crippen molar-refractivity contribution in [2.75, 3.05) is 31.6 Å². The van der Waals surface area contributed by atoms with Gasteiger partial charge in [0.25, 0.3) is 0 Å². The Morgan fingerprint density at radius 3 is 2.42 bits per heavy atom. The fourth-order valence-electron chi connectivity index (χ4n) is 3.51. The lowest BCUT2D eigenvalue weighted by atomic mass is 10.1. The molecule has 0 aromatic heterocycles. The van der Waals surface area contributed by atoms with E-state index in [-0.39, 0.29) is 17.6 Å². The minimum absolute atomic E-state index is 0.142. The Hall–Kier alpha value is -2.24. The molecule has 1 spiro atoms. The van der Waals surface area contributed by atoms with Crippen molar-refractivity contribution in [2.45, 2.75) is 51.7 Å². The van der Waals surface area contributed by atoms with Gasteiger partial charge in [-0.15, -0.1) is 0 Å². The first-order chi connectivity index (χ1) is 12.1. The Balaban J connectivity index is 1.77. The number of ether oxygens (including phenoxy) is 2. The molecule has 26 heavy (non-hydrogen) atoms. The van der Waals surface area contributed by atoms with Gasteiger partial charge in [0.1, 0.15) is 5.60 Å². The number of anilines is 1. The van der Waals surface area contributed by atoms with Gasteiger partial charge in [0.15, 0.2) is 0 Å². The summed E-state index contributed by atoms with van der Waals surface area (Å²) in [7, 11) is 1.40. The molecule has 0 N–H and O–H groups in total. The van der Waals surface area contributed by atoms with Crippen LogP contribution in [0.4, 0.5) is 10.5 Å². The van der Waals surface area contributed by atoms with Crippen molar-refractivity contribution in [1.82, 2.24) is 4.90 Å². The van der Waals surface area contributed by atoms with Gasteiger partial charge in [-0.3, -0.25) is 4.90 Å². The topological polar surface area (TPSA) is 59.1 Å². The lowest BCUT2D eigenvalue weighted by Crippen LogP contribution is -2.58. The third-order valence-electron chi connectivity index (χ3n) is 5.08. The van der Waals surface area contributed by atoms with Crippen LogP contribution in [0.1, 0.15) is 49.5 Å². The zero-order valence-corrected chi connectivity index (χ0v) is 16.3. The smallest absolute Gasteiger partial charge is 0.410 e. The van der Waals surface area contributed by atoms with Gasteiger partial charge < -0.3 is 14.4 Å². The Kier molecular flexibility index (Phi) is 4.63. The van der Waals surface area contributed by atoms with E-state index in [2.05, 4.69) is 4.90 Å². The first-order valence-electron chi connectivity index (χ1n) is 9.10. The van der Waals surface area contributed by atoms with Crippen molar-refractivity contribution in [3.8, 4) is 0 Å². The van der Waals surface area contributed by atoms with Crippen LogP contribution in [0, 0.1) is 6.92 Å². The number of piperazine rings is 1. The van der Waals surface area contributed by atoms with Crippen LogP contribution in [-0.2, 0) is 9.47 Å².